The highest BCUT2D eigenvalue weighted by Crippen LogP contribution is 2.21. The fraction of sp³-hybridized carbons (Fsp3) is 0.911. The number of rotatable bonds is 31. The Kier molecular flexibility index (Phi) is 28.8. The van der Waals surface area contributed by atoms with Crippen LogP contribution in [0.4, 0.5) is 0 Å². The van der Waals surface area contributed by atoms with Gasteiger partial charge in [0, 0.05) is 51.7 Å². The molecule has 2 amide bonds. The fourth-order valence-electron chi connectivity index (χ4n) is 8.06. The Morgan fingerprint density at radius 2 is 1.14 bits per heavy atom. The van der Waals surface area contributed by atoms with Crippen LogP contribution in [0.3, 0.4) is 0 Å². The van der Waals surface area contributed by atoms with Gasteiger partial charge in [0.25, 0.3) is 0 Å². The van der Waals surface area contributed by atoms with Crippen LogP contribution in [0.1, 0.15) is 206 Å². The molecule has 2 rings (SSSR count). The van der Waals surface area contributed by atoms with E-state index in [1.165, 1.54) is 141 Å². The van der Waals surface area contributed by atoms with Crippen LogP contribution in [0.25, 0.3) is 0 Å². The SMILES string of the molecule is CCCCCC/C=C\CCCCCCCC(=O)N(CCN1CCN(C)CC1)C(CCCCCCCCCCCCC)C(=O)NC1CCCCCC1. The molecule has 298 valence electrons. The maximum absolute atomic E-state index is 14.1. The van der Waals surface area contributed by atoms with Crippen molar-refractivity contribution in [2.45, 2.75) is 219 Å². The summed E-state index contributed by atoms with van der Waals surface area (Å²) in [4.78, 5) is 35.1. The lowest BCUT2D eigenvalue weighted by Gasteiger charge is -2.36. The normalized spacial score (nSPS) is 17.2. The molecular formula is C45H86N4O2. The minimum atomic E-state index is -0.333. The maximum Gasteiger partial charge on any atom is 0.243 e. The Morgan fingerprint density at radius 1 is 0.647 bits per heavy atom. The summed E-state index contributed by atoms with van der Waals surface area (Å²) in [5.74, 6) is 0.332. The monoisotopic (exact) mass is 715 g/mol. The van der Waals surface area contributed by atoms with E-state index in [1.807, 2.05) is 4.90 Å². The van der Waals surface area contributed by atoms with Crippen LogP contribution >= 0.6 is 0 Å². The molecule has 1 unspecified atom stereocenters. The summed E-state index contributed by atoms with van der Waals surface area (Å²) in [6, 6.07) is -0.0640. The number of nitrogens with zero attached hydrogens (tertiary/aromatic N) is 3. The molecule has 2 fully saturated rings. The van der Waals surface area contributed by atoms with Gasteiger partial charge in [0.1, 0.15) is 6.04 Å². The van der Waals surface area contributed by atoms with Crippen LogP contribution in [0.2, 0.25) is 0 Å². The van der Waals surface area contributed by atoms with E-state index < -0.39 is 0 Å². The van der Waals surface area contributed by atoms with Gasteiger partial charge < -0.3 is 15.1 Å². The first-order valence-electron chi connectivity index (χ1n) is 22.7. The Bertz CT molecular complexity index is 847. The number of likely N-dealkylation sites (N-methyl/N-ethyl adjacent to an activating group) is 1. The number of nitrogens with one attached hydrogen (secondary N) is 1. The molecule has 1 saturated heterocycles. The lowest BCUT2D eigenvalue weighted by Crippen LogP contribution is -2.54. The lowest BCUT2D eigenvalue weighted by molar-refractivity contribution is -0.141. The highest BCUT2D eigenvalue weighted by atomic mass is 16.2. The second-order valence-electron chi connectivity index (χ2n) is 16.4. The van der Waals surface area contributed by atoms with Crippen molar-refractivity contribution in [1.82, 2.24) is 20.0 Å². The molecule has 1 saturated carbocycles. The molecular weight excluding hydrogens is 629 g/mol. The number of amides is 2. The molecule has 51 heavy (non-hydrogen) atoms. The van der Waals surface area contributed by atoms with E-state index in [-0.39, 0.29) is 23.9 Å². The molecule has 0 aromatic rings. The summed E-state index contributed by atoms with van der Waals surface area (Å²) < 4.78 is 0. The number of carbonyl (C=O) groups excluding carboxylic acids is 2. The van der Waals surface area contributed by atoms with E-state index in [0.717, 1.165) is 77.7 Å². The molecule has 2 aliphatic rings. The van der Waals surface area contributed by atoms with Gasteiger partial charge in [-0.2, -0.15) is 0 Å². The van der Waals surface area contributed by atoms with Crippen molar-refractivity contribution < 1.29 is 9.59 Å². The standard InChI is InChI=1S/C45H86N4O2/c1-4-6-8-10-12-14-16-17-19-21-23-25-31-35-44(50)49(41-40-48-38-36-47(3)37-39-48)43(45(51)46-42-32-28-26-27-29-33-42)34-30-24-22-20-18-15-13-11-9-7-5-2/h14,16,42-43H,4-13,15,17-41H2,1-3H3,(H,46,51)/b16-14-. The summed E-state index contributed by atoms with van der Waals surface area (Å²) in [6.45, 7) is 10.3. The van der Waals surface area contributed by atoms with Crippen LogP contribution in [0.15, 0.2) is 12.2 Å². The first-order chi connectivity index (χ1) is 25.0. The Balaban J connectivity index is 1.91. The second-order valence-corrected chi connectivity index (χ2v) is 16.4. The van der Waals surface area contributed by atoms with E-state index in [2.05, 4.69) is 48.2 Å². The number of allylic oxidation sites excluding steroid dienone is 2. The van der Waals surface area contributed by atoms with Crippen LogP contribution in [-0.2, 0) is 9.59 Å². The van der Waals surface area contributed by atoms with Gasteiger partial charge in [-0.3, -0.25) is 14.5 Å². The third kappa shape index (κ3) is 23.8. The summed E-state index contributed by atoms with van der Waals surface area (Å²) in [5, 5.41) is 3.49. The van der Waals surface area contributed by atoms with Gasteiger partial charge in [-0.25, -0.2) is 0 Å². The molecule has 6 nitrogen and oxygen atoms in total. The molecule has 0 aromatic carbocycles. The summed E-state index contributed by atoms with van der Waals surface area (Å²) in [7, 11) is 2.20. The second kappa shape index (κ2) is 32.1. The zero-order valence-electron chi connectivity index (χ0n) is 34.4. The third-order valence-electron chi connectivity index (χ3n) is 11.7. The molecule has 0 aromatic heterocycles. The van der Waals surface area contributed by atoms with Gasteiger partial charge in [-0.15, -0.1) is 0 Å². The van der Waals surface area contributed by atoms with E-state index in [0.29, 0.717) is 13.0 Å². The molecule has 1 aliphatic carbocycles. The number of unbranched alkanes of at least 4 members (excludes halogenated alkanes) is 19. The van der Waals surface area contributed by atoms with Gasteiger partial charge >= 0.3 is 0 Å². The number of hydrogen-bond acceptors (Lipinski definition) is 4. The highest BCUT2D eigenvalue weighted by molar-refractivity contribution is 5.87. The van der Waals surface area contributed by atoms with Crippen LogP contribution in [0.5, 0.6) is 0 Å². The van der Waals surface area contributed by atoms with Gasteiger partial charge in [0.05, 0.1) is 0 Å². The Morgan fingerprint density at radius 3 is 1.71 bits per heavy atom. The largest absolute Gasteiger partial charge is 0.352 e. The molecule has 6 heteroatoms. The average Bonchev–Trinajstić information content (AvgIpc) is 3.41. The van der Waals surface area contributed by atoms with Crippen molar-refractivity contribution in [2.24, 2.45) is 0 Å². The van der Waals surface area contributed by atoms with Crippen LogP contribution < -0.4 is 5.32 Å². The summed E-state index contributed by atoms with van der Waals surface area (Å²) >= 11 is 0. The molecule has 1 heterocycles. The molecule has 1 N–H and O–H groups in total. The minimum Gasteiger partial charge on any atom is -0.352 e. The fourth-order valence-corrected chi connectivity index (χ4v) is 8.06. The van der Waals surface area contributed by atoms with E-state index in [9.17, 15) is 9.59 Å². The molecule has 1 atom stereocenters. The quantitative estimate of drug-likeness (QED) is 0.0441. The van der Waals surface area contributed by atoms with Gasteiger partial charge in [0.15, 0.2) is 0 Å². The van der Waals surface area contributed by atoms with Crippen molar-refractivity contribution in [3.05, 3.63) is 12.2 Å². The van der Waals surface area contributed by atoms with Crippen LogP contribution in [-0.4, -0.2) is 84.9 Å². The molecule has 0 spiro atoms. The topological polar surface area (TPSA) is 55.9 Å². The zero-order chi connectivity index (χ0) is 36.6. The Labute approximate surface area is 317 Å². The average molecular weight is 715 g/mol. The maximum atomic E-state index is 14.1. The predicted molar refractivity (Wildman–Crippen MR) is 220 cm³/mol. The summed E-state index contributed by atoms with van der Waals surface area (Å²) in [6.07, 6.45) is 41.1. The van der Waals surface area contributed by atoms with Gasteiger partial charge in [-0.1, -0.05) is 161 Å². The molecule has 0 radical (unpaired) electrons. The van der Waals surface area contributed by atoms with Crippen molar-refractivity contribution in [1.29, 1.82) is 0 Å². The van der Waals surface area contributed by atoms with Gasteiger partial charge in [-0.05, 0) is 58.4 Å². The van der Waals surface area contributed by atoms with E-state index in [1.54, 1.807) is 0 Å². The van der Waals surface area contributed by atoms with Crippen molar-refractivity contribution in [2.75, 3.05) is 46.3 Å². The van der Waals surface area contributed by atoms with Crippen LogP contribution in [0, 0.1) is 0 Å². The summed E-state index contributed by atoms with van der Waals surface area (Å²) in [5.41, 5.74) is 0. The predicted octanol–water partition coefficient (Wildman–Crippen LogP) is 11.2. The van der Waals surface area contributed by atoms with Gasteiger partial charge in [0.2, 0.25) is 11.8 Å². The first kappa shape index (κ1) is 45.8. The number of piperazine rings is 1. The third-order valence-corrected chi connectivity index (χ3v) is 11.7. The number of hydrogen-bond donors (Lipinski definition) is 1. The Hall–Kier alpha value is -1.40. The lowest BCUT2D eigenvalue weighted by atomic mass is 10.0. The van der Waals surface area contributed by atoms with Crippen molar-refractivity contribution >= 4 is 11.8 Å². The molecule has 1 aliphatic heterocycles. The zero-order valence-corrected chi connectivity index (χ0v) is 34.4. The smallest absolute Gasteiger partial charge is 0.243 e. The highest BCUT2D eigenvalue weighted by Gasteiger charge is 2.31. The van der Waals surface area contributed by atoms with E-state index in [4.69, 9.17) is 0 Å². The van der Waals surface area contributed by atoms with Crippen molar-refractivity contribution in [3.8, 4) is 0 Å². The van der Waals surface area contributed by atoms with E-state index >= 15 is 0 Å². The van der Waals surface area contributed by atoms with Crippen molar-refractivity contribution in [3.63, 3.8) is 0 Å². The number of carbonyl (C=O) groups is 2. The first-order valence-corrected chi connectivity index (χ1v) is 22.7. The minimum absolute atomic E-state index is 0.124. The molecule has 0 bridgehead atoms.